The van der Waals surface area contributed by atoms with E-state index in [0.717, 1.165) is 17.6 Å². The van der Waals surface area contributed by atoms with Crippen LogP contribution in [-0.4, -0.2) is 40.5 Å². The van der Waals surface area contributed by atoms with E-state index in [0.29, 0.717) is 17.7 Å². The first-order valence-electron chi connectivity index (χ1n) is 7.74. The number of para-hydroxylation sites is 2. The highest BCUT2D eigenvalue weighted by molar-refractivity contribution is 5.79. The highest BCUT2D eigenvalue weighted by atomic mass is 15.2. The Balaban J connectivity index is 1.68. The summed E-state index contributed by atoms with van der Waals surface area (Å²) in [6.07, 6.45) is 3.98. The first-order valence-corrected chi connectivity index (χ1v) is 7.74. The van der Waals surface area contributed by atoms with Gasteiger partial charge in [0, 0.05) is 12.6 Å². The second-order valence-corrected chi connectivity index (χ2v) is 5.77. The third-order valence-corrected chi connectivity index (χ3v) is 4.18. The molecule has 5 nitrogen and oxygen atoms in total. The molecule has 21 heavy (non-hydrogen) atoms. The largest absolute Gasteiger partial charge is 0.381 e. The molecule has 0 amide bonds. The molecule has 3 rings (SSSR count). The molecule has 0 bridgehead atoms. The van der Waals surface area contributed by atoms with Gasteiger partial charge in [0.15, 0.2) is 11.6 Å². The van der Waals surface area contributed by atoms with Crippen LogP contribution in [0.3, 0.4) is 0 Å². The average Bonchev–Trinajstić information content (AvgIpc) is 2.53. The maximum absolute atomic E-state index is 6.00. The highest BCUT2D eigenvalue weighted by Gasteiger charge is 2.17. The lowest BCUT2D eigenvalue weighted by molar-refractivity contribution is 0.180. The number of nitrogen functional groups attached to an aromatic ring is 1. The molecule has 112 valence electrons. The number of fused-ring (bicyclic) bond motifs is 1. The van der Waals surface area contributed by atoms with Gasteiger partial charge in [0.05, 0.1) is 11.0 Å². The summed E-state index contributed by atoms with van der Waals surface area (Å²) in [5, 5.41) is 3.36. The molecule has 0 spiro atoms. The number of likely N-dealkylation sites (tertiary alicyclic amines) is 1. The SMILES string of the molecule is CC(CNc1nc2ccccc2nc1N)N1CCCCC1. The van der Waals surface area contributed by atoms with Crippen LogP contribution in [0, 0.1) is 0 Å². The van der Waals surface area contributed by atoms with Crippen LogP contribution in [0.5, 0.6) is 0 Å². The fourth-order valence-electron chi connectivity index (χ4n) is 2.88. The lowest BCUT2D eigenvalue weighted by Gasteiger charge is -2.32. The molecule has 0 saturated carbocycles. The lowest BCUT2D eigenvalue weighted by atomic mass is 10.1. The second kappa shape index (κ2) is 6.26. The number of hydrogen-bond donors (Lipinski definition) is 2. The molecule has 0 radical (unpaired) electrons. The van der Waals surface area contributed by atoms with Crippen molar-refractivity contribution >= 4 is 22.7 Å². The number of nitrogens with zero attached hydrogens (tertiary/aromatic N) is 3. The molecule has 0 aliphatic carbocycles. The van der Waals surface area contributed by atoms with E-state index < -0.39 is 0 Å². The Kier molecular flexibility index (Phi) is 4.20. The zero-order chi connectivity index (χ0) is 14.7. The molecule has 2 aromatic rings. The van der Waals surface area contributed by atoms with Crippen molar-refractivity contribution in [2.75, 3.05) is 30.7 Å². The minimum absolute atomic E-state index is 0.472. The zero-order valence-electron chi connectivity index (χ0n) is 12.5. The number of nitrogens with one attached hydrogen (secondary N) is 1. The van der Waals surface area contributed by atoms with Crippen LogP contribution in [0.15, 0.2) is 24.3 Å². The van der Waals surface area contributed by atoms with Crippen LogP contribution in [0.1, 0.15) is 26.2 Å². The summed E-state index contributed by atoms with van der Waals surface area (Å²) in [5.41, 5.74) is 7.71. The summed E-state index contributed by atoms with van der Waals surface area (Å²) in [4.78, 5) is 11.5. The van der Waals surface area contributed by atoms with Crippen molar-refractivity contribution < 1.29 is 0 Å². The third kappa shape index (κ3) is 3.24. The first kappa shape index (κ1) is 14.1. The van der Waals surface area contributed by atoms with Gasteiger partial charge in [-0.05, 0) is 45.0 Å². The zero-order valence-corrected chi connectivity index (χ0v) is 12.5. The Labute approximate surface area is 125 Å². The van der Waals surface area contributed by atoms with E-state index in [4.69, 9.17) is 5.73 Å². The molecule has 1 aliphatic rings. The molecule has 1 fully saturated rings. The van der Waals surface area contributed by atoms with Gasteiger partial charge in [-0.25, -0.2) is 9.97 Å². The number of rotatable bonds is 4. The van der Waals surface area contributed by atoms with Crippen molar-refractivity contribution in [3.8, 4) is 0 Å². The second-order valence-electron chi connectivity index (χ2n) is 5.77. The number of benzene rings is 1. The van der Waals surface area contributed by atoms with Crippen molar-refractivity contribution in [2.24, 2.45) is 0 Å². The molecule has 1 aromatic heterocycles. The van der Waals surface area contributed by atoms with Gasteiger partial charge < -0.3 is 11.1 Å². The summed E-state index contributed by atoms with van der Waals surface area (Å²) < 4.78 is 0. The van der Waals surface area contributed by atoms with Gasteiger partial charge in [-0.2, -0.15) is 0 Å². The van der Waals surface area contributed by atoms with Crippen molar-refractivity contribution in [3.63, 3.8) is 0 Å². The molecule has 1 saturated heterocycles. The summed E-state index contributed by atoms with van der Waals surface area (Å²) in [6.45, 7) is 5.49. The Morgan fingerprint density at radius 2 is 1.81 bits per heavy atom. The molecule has 1 atom stereocenters. The van der Waals surface area contributed by atoms with Gasteiger partial charge in [0.1, 0.15) is 0 Å². The number of aromatic nitrogens is 2. The molecule has 1 aliphatic heterocycles. The number of hydrogen-bond acceptors (Lipinski definition) is 5. The van der Waals surface area contributed by atoms with E-state index in [2.05, 4.69) is 27.1 Å². The minimum atomic E-state index is 0.472. The van der Waals surface area contributed by atoms with E-state index in [-0.39, 0.29) is 0 Å². The van der Waals surface area contributed by atoms with Gasteiger partial charge in [0.25, 0.3) is 0 Å². The van der Waals surface area contributed by atoms with Gasteiger partial charge >= 0.3 is 0 Å². The Morgan fingerprint density at radius 3 is 2.52 bits per heavy atom. The molecule has 1 unspecified atom stereocenters. The van der Waals surface area contributed by atoms with Gasteiger partial charge in [-0.15, -0.1) is 0 Å². The maximum atomic E-state index is 6.00. The average molecular weight is 285 g/mol. The van der Waals surface area contributed by atoms with E-state index in [1.165, 1.54) is 32.4 Å². The normalized spacial score (nSPS) is 17.8. The van der Waals surface area contributed by atoms with Crippen LogP contribution in [0.4, 0.5) is 11.6 Å². The summed E-state index contributed by atoms with van der Waals surface area (Å²) in [7, 11) is 0. The Hall–Kier alpha value is -1.88. The van der Waals surface area contributed by atoms with Crippen molar-refractivity contribution in [2.45, 2.75) is 32.2 Å². The fraction of sp³-hybridized carbons (Fsp3) is 0.500. The van der Waals surface area contributed by atoms with Crippen LogP contribution < -0.4 is 11.1 Å². The summed E-state index contributed by atoms with van der Waals surface area (Å²) in [6, 6.07) is 8.28. The smallest absolute Gasteiger partial charge is 0.169 e. The van der Waals surface area contributed by atoms with Crippen molar-refractivity contribution in [1.82, 2.24) is 14.9 Å². The fourth-order valence-corrected chi connectivity index (χ4v) is 2.88. The predicted octanol–water partition coefficient (Wildman–Crippen LogP) is 2.50. The van der Waals surface area contributed by atoms with Gasteiger partial charge in [-0.3, -0.25) is 4.90 Å². The Morgan fingerprint density at radius 1 is 1.14 bits per heavy atom. The van der Waals surface area contributed by atoms with Crippen LogP contribution in [-0.2, 0) is 0 Å². The maximum Gasteiger partial charge on any atom is 0.169 e. The Bertz CT molecular complexity index is 607. The molecule has 5 heteroatoms. The predicted molar refractivity (Wildman–Crippen MR) is 87.3 cm³/mol. The molecular formula is C16H23N5. The summed E-state index contributed by atoms with van der Waals surface area (Å²) >= 11 is 0. The van der Waals surface area contributed by atoms with Crippen LogP contribution >= 0.6 is 0 Å². The van der Waals surface area contributed by atoms with Crippen molar-refractivity contribution in [3.05, 3.63) is 24.3 Å². The number of piperidine rings is 1. The topological polar surface area (TPSA) is 67.1 Å². The van der Waals surface area contributed by atoms with Crippen LogP contribution in [0.25, 0.3) is 11.0 Å². The quantitative estimate of drug-likeness (QED) is 0.903. The van der Waals surface area contributed by atoms with Gasteiger partial charge in [0.2, 0.25) is 0 Å². The van der Waals surface area contributed by atoms with Gasteiger partial charge in [-0.1, -0.05) is 18.6 Å². The number of nitrogens with two attached hydrogens (primary N) is 1. The monoisotopic (exact) mass is 285 g/mol. The third-order valence-electron chi connectivity index (χ3n) is 4.18. The van der Waals surface area contributed by atoms with E-state index in [1.807, 2.05) is 24.3 Å². The van der Waals surface area contributed by atoms with E-state index in [9.17, 15) is 0 Å². The highest BCUT2D eigenvalue weighted by Crippen LogP contribution is 2.19. The molecule has 2 heterocycles. The minimum Gasteiger partial charge on any atom is -0.381 e. The summed E-state index contributed by atoms with van der Waals surface area (Å²) in [5.74, 6) is 1.16. The van der Waals surface area contributed by atoms with E-state index in [1.54, 1.807) is 0 Å². The molecule has 3 N–H and O–H groups in total. The van der Waals surface area contributed by atoms with E-state index >= 15 is 0 Å². The molecule has 1 aromatic carbocycles. The van der Waals surface area contributed by atoms with Crippen molar-refractivity contribution in [1.29, 1.82) is 0 Å². The lowest BCUT2D eigenvalue weighted by Crippen LogP contribution is -2.41. The number of anilines is 2. The standard InChI is InChI=1S/C16H23N5/c1-12(21-9-5-2-6-10-21)11-18-16-15(17)19-13-7-3-4-8-14(13)20-16/h3-4,7-8,12H,2,5-6,9-11H2,1H3,(H2,17,19)(H,18,20). The first-order chi connectivity index (χ1) is 10.2. The molecular weight excluding hydrogens is 262 g/mol. The van der Waals surface area contributed by atoms with Crippen LogP contribution in [0.2, 0.25) is 0 Å².